The molecule has 2 unspecified atom stereocenters. The number of sulfone groups is 1. The second-order valence-corrected chi connectivity index (χ2v) is 20.9. The van der Waals surface area contributed by atoms with Crippen molar-refractivity contribution < 1.29 is 39.9 Å². The highest BCUT2D eigenvalue weighted by molar-refractivity contribution is 7.99. The molecule has 64 heavy (non-hydrogen) atoms. The van der Waals surface area contributed by atoms with Gasteiger partial charge in [0.25, 0.3) is 25.8 Å². The minimum absolute atomic E-state index is 0.0149. The third-order valence-electron chi connectivity index (χ3n) is 11.6. The summed E-state index contributed by atoms with van der Waals surface area (Å²) in [6.45, 7) is 4.96. The number of benzene rings is 5. The van der Waals surface area contributed by atoms with Crippen LogP contribution in [0.5, 0.6) is 0 Å². The SMILES string of the molecule is O=C(NS(=O)(=O)c1ccc(NC(CCN2CCNCC2)CSc2ccccc2)c(S(=O)(=O)C(F)(F)F)c1)c1ccc(N2CCC(C(O)c3ccccc3-c3ccc(Cl)cc3)CC2)cc1. The molecule has 0 aromatic heterocycles. The number of carbonyl (C=O) groups excluding carboxylic acids is 1. The monoisotopic (exact) mass is 955 g/mol. The number of aliphatic hydroxyl groups is 1. The van der Waals surface area contributed by atoms with Gasteiger partial charge in [0.2, 0.25) is 0 Å². The Morgan fingerprint density at radius 3 is 2.17 bits per heavy atom. The van der Waals surface area contributed by atoms with Gasteiger partial charge in [-0.15, -0.1) is 11.8 Å². The molecular formula is C46H49ClF3N5O6S3. The molecule has 5 aromatic rings. The number of halogens is 4. The van der Waals surface area contributed by atoms with Crippen LogP contribution in [-0.4, -0.2) is 95.9 Å². The van der Waals surface area contributed by atoms with Gasteiger partial charge < -0.3 is 25.5 Å². The summed E-state index contributed by atoms with van der Waals surface area (Å²) in [5.41, 5.74) is -2.70. The van der Waals surface area contributed by atoms with Gasteiger partial charge in [0.1, 0.15) is 4.90 Å². The maximum absolute atomic E-state index is 14.2. The number of carbonyl (C=O) groups is 1. The van der Waals surface area contributed by atoms with Gasteiger partial charge in [-0.3, -0.25) is 4.79 Å². The van der Waals surface area contributed by atoms with Crippen molar-refractivity contribution in [3.8, 4) is 11.1 Å². The summed E-state index contributed by atoms with van der Waals surface area (Å²) in [7, 11) is -10.9. The van der Waals surface area contributed by atoms with E-state index in [9.17, 15) is 39.9 Å². The predicted molar refractivity (Wildman–Crippen MR) is 246 cm³/mol. The van der Waals surface area contributed by atoms with Gasteiger partial charge in [0.15, 0.2) is 0 Å². The van der Waals surface area contributed by atoms with Gasteiger partial charge in [-0.1, -0.05) is 66.2 Å². The molecule has 1 amide bonds. The average Bonchev–Trinajstić information content (AvgIpc) is 3.30. The van der Waals surface area contributed by atoms with Crippen LogP contribution in [0.25, 0.3) is 11.1 Å². The highest BCUT2D eigenvalue weighted by Crippen LogP contribution is 2.39. The molecule has 0 aliphatic carbocycles. The first-order valence-corrected chi connectivity index (χ1v) is 25.2. The van der Waals surface area contributed by atoms with E-state index in [2.05, 4.69) is 20.4 Å². The number of piperidine rings is 1. The van der Waals surface area contributed by atoms with E-state index < -0.39 is 58.9 Å². The Labute approximate surface area is 381 Å². The van der Waals surface area contributed by atoms with Gasteiger partial charge in [0.05, 0.1) is 16.7 Å². The van der Waals surface area contributed by atoms with Crippen molar-refractivity contribution in [2.75, 3.05) is 61.8 Å². The second-order valence-electron chi connectivity index (χ2n) is 15.8. The topological polar surface area (TPSA) is 148 Å². The summed E-state index contributed by atoms with van der Waals surface area (Å²) in [6, 6.07) is 32.7. The third-order valence-corrected chi connectivity index (χ3v) is 15.8. The van der Waals surface area contributed by atoms with E-state index in [1.165, 1.54) is 23.9 Å². The fourth-order valence-corrected chi connectivity index (χ4v) is 11.1. The molecule has 340 valence electrons. The first-order chi connectivity index (χ1) is 30.6. The van der Waals surface area contributed by atoms with E-state index in [1.54, 1.807) is 12.1 Å². The van der Waals surface area contributed by atoms with E-state index >= 15 is 0 Å². The molecule has 5 aromatic carbocycles. The van der Waals surface area contributed by atoms with Gasteiger partial charge in [-0.25, -0.2) is 21.6 Å². The summed E-state index contributed by atoms with van der Waals surface area (Å²) in [5, 5.41) is 18.4. The van der Waals surface area contributed by atoms with Gasteiger partial charge >= 0.3 is 5.51 Å². The second kappa shape index (κ2) is 20.7. The molecule has 2 fully saturated rings. The molecule has 0 radical (unpaired) electrons. The van der Waals surface area contributed by atoms with E-state index in [1.807, 2.05) is 83.6 Å². The first-order valence-electron chi connectivity index (χ1n) is 20.9. The average molecular weight is 957 g/mol. The number of nitrogens with zero attached hydrogens (tertiary/aromatic N) is 2. The Bertz CT molecular complexity index is 2590. The van der Waals surface area contributed by atoms with Crippen LogP contribution in [0.3, 0.4) is 0 Å². The number of sulfonamides is 1. The zero-order valence-corrected chi connectivity index (χ0v) is 37.9. The number of amides is 1. The zero-order chi connectivity index (χ0) is 45.5. The van der Waals surface area contributed by atoms with Crippen LogP contribution >= 0.6 is 23.4 Å². The Morgan fingerprint density at radius 2 is 1.50 bits per heavy atom. The number of rotatable bonds is 16. The highest BCUT2D eigenvalue weighted by Gasteiger charge is 2.48. The Morgan fingerprint density at radius 1 is 0.844 bits per heavy atom. The lowest BCUT2D eigenvalue weighted by molar-refractivity contribution is -0.0435. The maximum Gasteiger partial charge on any atom is 0.501 e. The number of aliphatic hydroxyl groups excluding tert-OH is 1. The van der Waals surface area contributed by atoms with E-state index in [4.69, 9.17) is 11.6 Å². The number of hydrogen-bond donors (Lipinski definition) is 4. The van der Waals surface area contributed by atoms with Crippen LogP contribution in [-0.2, 0) is 19.9 Å². The maximum atomic E-state index is 14.2. The van der Waals surface area contributed by atoms with Crippen LogP contribution < -0.4 is 20.3 Å². The minimum Gasteiger partial charge on any atom is -0.388 e. The highest BCUT2D eigenvalue weighted by atomic mass is 35.5. The van der Waals surface area contributed by atoms with Crippen LogP contribution in [0, 0.1) is 5.92 Å². The Hall–Kier alpha value is -4.62. The molecular weight excluding hydrogens is 907 g/mol. The number of anilines is 2. The van der Waals surface area contributed by atoms with Crippen molar-refractivity contribution in [3.63, 3.8) is 0 Å². The summed E-state index contributed by atoms with van der Waals surface area (Å²) in [6.07, 6.45) is 1.12. The summed E-state index contributed by atoms with van der Waals surface area (Å²) < 4.78 is 97.5. The summed E-state index contributed by atoms with van der Waals surface area (Å²) in [4.78, 5) is 16.4. The molecule has 2 saturated heterocycles. The third kappa shape index (κ3) is 11.6. The van der Waals surface area contributed by atoms with Gasteiger partial charge in [-0.2, -0.15) is 13.2 Å². The zero-order valence-electron chi connectivity index (χ0n) is 34.7. The standard InChI is InChI=1S/C46H49ClF3N5O6S3/c47-35-14-10-32(11-15-35)40-8-4-5-9-41(40)44(56)33-20-26-55(27-21-33)37-16-12-34(13-17-37)45(57)53-64(60,61)39-18-19-42(43(30-39)63(58,59)46(48,49)50)52-36(22-25-54-28-23-51-24-29-54)31-62-38-6-2-1-3-7-38/h1-19,30,33,36,44,51-52,56H,20-29,31H2,(H,53,57). The largest absolute Gasteiger partial charge is 0.501 e. The normalized spacial score (nSPS) is 16.5. The summed E-state index contributed by atoms with van der Waals surface area (Å²) >= 11 is 7.55. The fourth-order valence-electron chi connectivity index (χ4n) is 7.98. The number of nitrogens with one attached hydrogen (secondary N) is 3. The number of alkyl halides is 3. The Balaban J connectivity index is 1.02. The van der Waals surface area contributed by atoms with Crippen LogP contribution in [0.4, 0.5) is 24.5 Å². The number of hydrogen-bond acceptors (Lipinski definition) is 11. The molecule has 11 nitrogen and oxygen atoms in total. The van der Waals surface area contributed by atoms with E-state index in [0.29, 0.717) is 55.7 Å². The van der Waals surface area contributed by atoms with Crippen molar-refractivity contribution in [2.24, 2.45) is 5.92 Å². The molecule has 2 aliphatic heterocycles. The Kier molecular flexibility index (Phi) is 15.3. The molecule has 7 rings (SSSR count). The smallest absolute Gasteiger partial charge is 0.388 e. The predicted octanol–water partition coefficient (Wildman–Crippen LogP) is 8.24. The lowest BCUT2D eigenvalue weighted by atomic mass is 9.84. The number of piperazine rings is 1. The van der Waals surface area contributed by atoms with Crippen LogP contribution in [0.15, 0.2) is 136 Å². The lowest BCUT2D eigenvalue weighted by Gasteiger charge is -2.36. The van der Waals surface area contributed by atoms with Gasteiger partial charge in [0, 0.05) is 78.8 Å². The molecule has 0 bridgehead atoms. The van der Waals surface area contributed by atoms with Crippen molar-refractivity contribution in [1.82, 2.24) is 14.9 Å². The molecule has 4 N–H and O–H groups in total. The van der Waals surface area contributed by atoms with Crippen LogP contribution in [0.2, 0.25) is 5.02 Å². The molecule has 2 atom stereocenters. The molecule has 0 spiro atoms. The van der Waals surface area contributed by atoms with Crippen molar-refractivity contribution in [2.45, 2.75) is 51.6 Å². The molecule has 2 heterocycles. The first kappa shape index (κ1) is 47.3. The van der Waals surface area contributed by atoms with Crippen molar-refractivity contribution in [3.05, 3.63) is 137 Å². The number of thioether (sulfide) groups is 1. The minimum atomic E-state index is -6.06. The lowest BCUT2D eigenvalue weighted by Crippen LogP contribution is -2.44. The molecule has 2 aliphatic rings. The van der Waals surface area contributed by atoms with Gasteiger partial charge in [-0.05, 0) is 109 Å². The fraction of sp³-hybridized carbons (Fsp3) is 0.326. The van der Waals surface area contributed by atoms with Crippen molar-refractivity contribution >= 4 is 60.5 Å². The van der Waals surface area contributed by atoms with E-state index in [-0.39, 0.29) is 11.5 Å². The quantitative estimate of drug-likeness (QED) is 0.0710. The summed E-state index contributed by atoms with van der Waals surface area (Å²) in [5.74, 6) is -0.696. The van der Waals surface area contributed by atoms with Crippen LogP contribution in [0.1, 0.15) is 41.3 Å². The molecule has 0 saturated carbocycles. The van der Waals surface area contributed by atoms with E-state index in [0.717, 1.165) is 65.6 Å². The van der Waals surface area contributed by atoms with Crippen molar-refractivity contribution in [1.29, 1.82) is 0 Å². The molecule has 18 heteroatoms.